The first-order valence-electron chi connectivity index (χ1n) is 7.67. The van der Waals surface area contributed by atoms with Crippen LogP contribution in [-0.4, -0.2) is 43.4 Å². The van der Waals surface area contributed by atoms with Gasteiger partial charge in [0.2, 0.25) is 0 Å². The molecule has 1 aliphatic rings. The zero-order valence-electron chi connectivity index (χ0n) is 13.8. The predicted octanol–water partition coefficient (Wildman–Crippen LogP) is 2.56. The van der Waals surface area contributed by atoms with Crippen molar-refractivity contribution in [3.05, 3.63) is 29.3 Å². The van der Waals surface area contributed by atoms with E-state index in [1.165, 1.54) is 26.4 Å². The van der Waals surface area contributed by atoms with Crippen molar-refractivity contribution in [1.82, 2.24) is 0 Å². The van der Waals surface area contributed by atoms with Crippen LogP contribution in [0.2, 0.25) is 0 Å². The first-order valence-corrected chi connectivity index (χ1v) is 7.67. The number of rotatable bonds is 3. The number of halogens is 3. The van der Waals surface area contributed by atoms with Crippen LogP contribution in [0.5, 0.6) is 0 Å². The van der Waals surface area contributed by atoms with Crippen molar-refractivity contribution in [2.24, 2.45) is 5.73 Å². The maximum atomic E-state index is 11.9. The number of carboxylic acids is 1. The second kappa shape index (κ2) is 9.26. The van der Waals surface area contributed by atoms with Gasteiger partial charge in [0, 0.05) is 19.6 Å². The average molecular weight is 362 g/mol. The van der Waals surface area contributed by atoms with Crippen LogP contribution in [0.4, 0.5) is 18.9 Å². The van der Waals surface area contributed by atoms with E-state index >= 15 is 0 Å². The van der Waals surface area contributed by atoms with E-state index < -0.39 is 12.1 Å². The first-order chi connectivity index (χ1) is 11.7. The molecule has 2 rings (SSSR count). The fourth-order valence-corrected chi connectivity index (χ4v) is 2.39. The van der Waals surface area contributed by atoms with Crippen molar-refractivity contribution >= 4 is 17.6 Å². The van der Waals surface area contributed by atoms with Gasteiger partial charge >= 0.3 is 18.1 Å². The molecule has 0 saturated carbocycles. The Labute approximate surface area is 143 Å². The zero-order valence-corrected chi connectivity index (χ0v) is 13.8. The van der Waals surface area contributed by atoms with E-state index in [0.29, 0.717) is 12.1 Å². The highest BCUT2D eigenvalue weighted by molar-refractivity contribution is 5.96. The number of anilines is 1. The Kier molecular flexibility index (Phi) is 7.69. The molecule has 0 spiro atoms. The minimum atomic E-state index is -5.08. The molecular formula is C16H21F3N2O4. The Morgan fingerprint density at radius 2 is 1.80 bits per heavy atom. The van der Waals surface area contributed by atoms with Gasteiger partial charge in [-0.25, -0.2) is 9.59 Å². The molecule has 1 fully saturated rings. The highest BCUT2D eigenvalue weighted by Gasteiger charge is 2.38. The van der Waals surface area contributed by atoms with Crippen molar-refractivity contribution in [3.8, 4) is 0 Å². The number of methoxy groups -OCH3 is 1. The molecule has 1 aromatic rings. The van der Waals surface area contributed by atoms with E-state index in [-0.39, 0.29) is 5.97 Å². The van der Waals surface area contributed by atoms with Crippen LogP contribution in [0.3, 0.4) is 0 Å². The summed E-state index contributed by atoms with van der Waals surface area (Å²) in [5.74, 6) is -3.04. The van der Waals surface area contributed by atoms with Crippen molar-refractivity contribution in [2.75, 3.05) is 25.1 Å². The lowest BCUT2D eigenvalue weighted by molar-refractivity contribution is -0.192. The number of piperidine rings is 1. The maximum Gasteiger partial charge on any atom is 0.490 e. The van der Waals surface area contributed by atoms with Crippen molar-refractivity contribution < 1.29 is 32.6 Å². The molecule has 0 aromatic heterocycles. The molecule has 9 heteroatoms. The third-order valence-corrected chi connectivity index (χ3v) is 3.64. The largest absolute Gasteiger partial charge is 0.490 e. The van der Waals surface area contributed by atoms with Crippen LogP contribution < -0.4 is 10.6 Å². The number of alkyl halides is 3. The van der Waals surface area contributed by atoms with Gasteiger partial charge < -0.3 is 20.5 Å². The Morgan fingerprint density at radius 3 is 2.24 bits per heavy atom. The molecule has 140 valence electrons. The van der Waals surface area contributed by atoms with Gasteiger partial charge in [-0.2, -0.15) is 13.2 Å². The van der Waals surface area contributed by atoms with E-state index in [9.17, 15) is 18.0 Å². The van der Waals surface area contributed by atoms with Crippen LogP contribution in [-0.2, 0) is 16.1 Å². The molecular weight excluding hydrogens is 341 g/mol. The summed E-state index contributed by atoms with van der Waals surface area (Å²) in [5, 5.41) is 7.12. The van der Waals surface area contributed by atoms with Gasteiger partial charge in [-0.15, -0.1) is 0 Å². The molecule has 0 bridgehead atoms. The third-order valence-electron chi connectivity index (χ3n) is 3.64. The van der Waals surface area contributed by atoms with Gasteiger partial charge in [-0.3, -0.25) is 0 Å². The van der Waals surface area contributed by atoms with Gasteiger partial charge in [0.25, 0.3) is 0 Å². The predicted molar refractivity (Wildman–Crippen MR) is 85.4 cm³/mol. The monoisotopic (exact) mass is 362 g/mol. The van der Waals surface area contributed by atoms with E-state index in [2.05, 4.69) is 4.90 Å². The highest BCUT2D eigenvalue weighted by atomic mass is 19.4. The quantitative estimate of drug-likeness (QED) is 0.803. The number of esters is 1. The molecule has 1 heterocycles. The van der Waals surface area contributed by atoms with Crippen molar-refractivity contribution in [2.45, 2.75) is 32.0 Å². The highest BCUT2D eigenvalue weighted by Crippen LogP contribution is 2.26. The summed E-state index contributed by atoms with van der Waals surface area (Å²) in [4.78, 5) is 23.0. The third kappa shape index (κ3) is 6.26. The standard InChI is InChI=1S/C14H20N2O2.C2HF3O2/c1-18-14(17)12-9-11(10-15)5-6-13(12)16-7-3-2-4-8-16;3-2(4,5)1(6)7/h5-6,9H,2-4,7-8,10,15H2,1H3;(H,6,7). The van der Waals surface area contributed by atoms with Gasteiger partial charge in [0.05, 0.1) is 18.4 Å². The van der Waals surface area contributed by atoms with E-state index in [0.717, 1.165) is 24.3 Å². The number of hydrogen-bond acceptors (Lipinski definition) is 5. The Bertz CT molecular complexity index is 600. The van der Waals surface area contributed by atoms with Crippen LogP contribution in [0.15, 0.2) is 18.2 Å². The lowest BCUT2D eigenvalue weighted by atomic mass is 10.0. The lowest BCUT2D eigenvalue weighted by Gasteiger charge is -2.30. The van der Waals surface area contributed by atoms with E-state index in [4.69, 9.17) is 20.4 Å². The lowest BCUT2D eigenvalue weighted by Crippen LogP contribution is -2.31. The summed E-state index contributed by atoms with van der Waals surface area (Å²) in [6.45, 7) is 2.45. The molecule has 0 radical (unpaired) electrons. The Morgan fingerprint density at radius 1 is 1.24 bits per heavy atom. The van der Waals surface area contributed by atoms with Gasteiger partial charge in [-0.05, 0) is 37.0 Å². The van der Waals surface area contributed by atoms with Crippen LogP contribution >= 0.6 is 0 Å². The van der Waals surface area contributed by atoms with Gasteiger partial charge in [0.1, 0.15) is 0 Å². The maximum absolute atomic E-state index is 11.9. The number of hydrogen-bond donors (Lipinski definition) is 2. The van der Waals surface area contributed by atoms with E-state index in [1.807, 2.05) is 18.2 Å². The fraction of sp³-hybridized carbons (Fsp3) is 0.500. The Balaban J connectivity index is 0.000000381. The number of carbonyl (C=O) groups is 2. The van der Waals surface area contributed by atoms with E-state index in [1.54, 1.807) is 0 Å². The summed E-state index contributed by atoms with van der Waals surface area (Å²) in [5.41, 5.74) is 8.18. The minimum Gasteiger partial charge on any atom is -0.475 e. The summed E-state index contributed by atoms with van der Waals surface area (Å²) in [7, 11) is 1.41. The molecule has 1 saturated heterocycles. The topological polar surface area (TPSA) is 92.9 Å². The molecule has 0 unspecified atom stereocenters. The average Bonchev–Trinajstić information content (AvgIpc) is 2.61. The van der Waals surface area contributed by atoms with Crippen LogP contribution in [0.25, 0.3) is 0 Å². The number of carbonyl (C=O) groups excluding carboxylic acids is 1. The summed E-state index contributed by atoms with van der Waals surface area (Å²) in [6.07, 6.45) is -1.45. The van der Waals surface area contributed by atoms with Crippen LogP contribution in [0, 0.1) is 0 Å². The molecule has 3 N–H and O–H groups in total. The number of carboxylic acid groups (broad SMARTS) is 1. The molecule has 6 nitrogen and oxygen atoms in total. The first kappa shape index (κ1) is 20.8. The fourth-order valence-electron chi connectivity index (χ4n) is 2.39. The number of ether oxygens (including phenoxy) is 1. The van der Waals surface area contributed by atoms with Gasteiger partial charge in [0.15, 0.2) is 0 Å². The molecule has 1 aromatic carbocycles. The Hall–Kier alpha value is -2.29. The molecule has 1 aliphatic heterocycles. The number of nitrogens with two attached hydrogens (primary N) is 1. The molecule has 0 atom stereocenters. The van der Waals surface area contributed by atoms with Crippen LogP contribution in [0.1, 0.15) is 35.2 Å². The minimum absolute atomic E-state index is 0.286. The molecule has 0 amide bonds. The number of nitrogens with zero attached hydrogens (tertiary/aromatic N) is 1. The number of aliphatic carboxylic acids is 1. The SMILES string of the molecule is COC(=O)c1cc(CN)ccc1N1CCCCC1.O=C(O)C(F)(F)F. The zero-order chi connectivity index (χ0) is 19.0. The summed E-state index contributed by atoms with van der Waals surface area (Å²) in [6, 6.07) is 5.81. The summed E-state index contributed by atoms with van der Waals surface area (Å²) >= 11 is 0. The number of benzene rings is 1. The smallest absolute Gasteiger partial charge is 0.475 e. The van der Waals surface area contributed by atoms with Crippen molar-refractivity contribution in [3.63, 3.8) is 0 Å². The second-order valence-corrected chi connectivity index (χ2v) is 5.40. The normalized spacial score (nSPS) is 14.4. The van der Waals surface area contributed by atoms with Crippen molar-refractivity contribution in [1.29, 1.82) is 0 Å². The second-order valence-electron chi connectivity index (χ2n) is 5.40. The summed E-state index contributed by atoms with van der Waals surface area (Å²) < 4.78 is 36.6. The molecule has 25 heavy (non-hydrogen) atoms. The molecule has 0 aliphatic carbocycles. The van der Waals surface area contributed by atoms with Gasteiger partial charge in [-0.1, -0.05) is 6.07 Å².